The van der Waals surface area contributed by atoms with Crippen molar-refractivity contribution < 1.29 is 0 Å². The van der Waals surface area contributed by atoms with Crippen molar-refractivity contribution in [2.75, 3.05) is 6.54 Å². The van der Waals surface area contributed by atoms with Gasteiger partial charge in [0.15, 0.2) is 0 Å². The molecular formula is C13H16BrN3. The van der Waals surface area contributed by atoms with E-state index in [1.165, 1.54) is 0 Å². The van der Waals surface area contributed by atoms with Crippen LogP contribution in [0.3, 0.4) is 0 Å². The highest BCUT2D eigenvalue weighted by atomic mass is 79.9. The van der Waals surface area contributed by atoms with Gasteiger partial charge in [-0.2, -0.15) is 0 Å². The molecule has 1 aromatic carbocycles. The molecule has 0 saturated carbocycles. The van der Waals surface area contributed by atoms with E-state index in [9.17, 15) is 0 Å². The maximum atomic E-state index is 5.51. The predicted molar refractivity (Wildman–Crippen MR) is 73.8 cm³/mol. The van der Waals surface area contributed by atoms with Crippen LogP contribution in [0.2, 0.25) is 0 Å². The van der Waals surface area contributed by atoms with Gasteiger partial charge in [-0.3, -0.25) is 0 Å². The van der Waals surface area contributed by atoms with Gasteiger partial charge in [0, 0.05) is 22.2 Å². The Kier molecular flexibility index (Phi) is 3.97. The lowest BCUT2D eigenvalue weighted by molar-refractivity contribution is 0.792. The van der Waals surface area contributed by atoms with Crippen LogP contribution in [0, 0.1) is 6.92 Å². The number of nitrogens with two attached hydrogens (primary N) is 1. The summed E-state index contributed by atoms with van der Waals surface area (Å²) in [5.74, 6) is 1.01. The van der Waals surface area contributed by atoms with Crippen molar-refractivity contribution in [3.63, 3.8) is 0 Å². The molecule has 1 aromatic heterocycles. The summed E-state index contributed by atoms with van der Waals surface area (Å²) in [6, 6.07) is 8.13. The second-order valence-electron chi connectivity index (χ2n) is 4.03. The minimum absolute atomic E-state index is 0.699. The van der Waals surface area contributed by atoms with E-state index in [0.717, 1.165) is 40.1 Å². The molecule has 90 valence electrons. The van der Waals surface area contributed by atoms with Crippen molar-refractivity contribution in [3.8, 4) is 11.3 Å². The fourth-order valence-electron chi connectivity index (χ4n) is 1.83. The van der Waals surface area contributed by atoms with Crippen LogP contribution >= 0.6 is 15.9 Å². The van der Waals surface area contributed by atoms with Crippen molar-refractivity contribution in [1.29, 1.82) is 0 Å². The summed E-state index contributed by atoms with van der Waals surface area (Å²) in [5.41, 5.74) is 8.75. The summed E-state index contributed by atoms with van der Waals surface area (Å²) < 4.78 is 1.07. The Morgan fingerprint density at radius 3 is 2.82 bits per heavy atom. The van der Waals surface area contributed by atoms with Crippen molar-refractivity contribution in [2.24, 2.45) is 5.73 Å². The van der Waals surface area contributed by atoms with Crippen LogP contribution in [0.5, 0.6) is 0 Å². The van der Waals surface area contributed by atoms with Gasteiger partial charge < -0.3 is 10.7 Å². The predicted octanol–water partition coefficient (Wildman–Crippen LogP) is 3.04. The zero-order valence-corrected chi connectivity index (χ0v) is 11.4. The zero-order valence-electron chi connectivity index (χ0n) is 9.83. The molecule has 0 radical (unpaired) electrons. The molecule has 0 saturated heterocycles. The van der Waals surface area contributed by atoms with Crippen LogP contribution in [-0.4, -0.2) is 16.5 Å². The number of benzene rings is 1. The summed E-state index contributed by atoms with van der Waals surface area (Å²) in [7, 11) is 0. The number of rotatable bonds is 4. The molecule has 1 heterocycles. The Morgan fingerprint density at radius 2 is 2.12 bits per heavy atom. The lowest BCUT2D eigenvalue weighted by Gasteiger charge is -2.01. The maximum absolute atomic E-state index is 5.51. The van der Waals surface area contributed by atoms with Gasteiger partial charge in [-0.05, 0) is 26.0 Å². The fourth-order valence-corrected chi connectivity index (χ4v) is 2.30. The second kappa shape index (κ2) is 5.47. The topological polar surface area (TPSA) is 54.7 Å². The number of nitrogens with zero attached hydrogens (tertiary/aromatic N) is 1. The van der Waals surface area contributed by atoms with E-state index >= 15 is 0 Å². The molecule has 0 spiro atoms. The lowest BCUT2D eigenvalue weighted by atomic mass is 10.1. The molecular weight excluding hydrogens is 278 g/mol. The van der Waals surface area contributed by atoms with Crippen LogP contribution in [0.25, 0.3) is 11.3 Å². The van der Waals surface area contributed by atoms with E-state index in [4.69, 9.17) is 5.73 Å². The first-order valence-corrected chi connectivity index (χ1v) is 6.52. The third-order valence-electron chi connectivity index (χ3n) is 2.68. The van der Waals surface area contributed by atoms with Gasteiger partial charge in [-0.15, -0.1) is 0 Å². The zero-order chi connectivity index (χ0) is 12.3. The fraction of sp³-hybridized carbons (Fsp3) is 0.308. The smallest absolute Gasteiger partial charge is 0.107 e. The average molecular weight is 294 g/mol. The number of H-pyrrole nitrogens is 1. The first-order chi connectivity index (χ1) is 8.22. The molecule has 3 N–H and O–H groups in total. The Balaban J connectivity index is 2.33. The second-order valence-corrected chi connectivity index (χ2v) is 4.88. The van der Waals surface area contributed by atoms with Crippen molar-refractivity contribution in [1.82, 2.24) is 9.97 Å². The van der Waals surface area contributed by atoms with E-state index in [1.54, 1.807) is 0 Å². The van der Waals surface area contributed by atoms with Crippen LogP contribution < -0.4 is 5.73 Å². The number of halogens is 1. The molecule has 0 bridgehead atoms. The number of nitrogens with one attached hydrogen (secondary N) is 1. The van der Waals surface area contributed by atoms with Crippen LogP contribution in [0.4, 0.5) is 0 Å². The molecule has 2 rings (SSSR count). The first-order valence-electron chi connectivity index (χ1n) is 5.73. The molecule has 0 amide bonds. The van der Waals surface area contributed by atoms with Crippen LogP contribution in [0.15, 0.2) is 28.7 Å². The van der Waals surface area contributed by atoms with Gasteiger partial charge in [0.05, 0.1) is 5.69 Å². The van der Waals surface area contributed by atoms with E-state index in [-0.39, 0.29) is 0 Å². The maximum Gasteiger partial charge on any atom is 0.107 e. The van der Waals surface area contributed by atoms with Gasteiger partial charge in [0.25, 0.3) is 0 Å². The van der Waals surface area contributed by atoms with E-state index in [1.807, 2.05) is 25.1 Å². The molecule has 0 unspecified atom stereocenters. The van der Waals surface area contributed by atoms with Gasteiger partial charge in [0.2, 0.25) is 0 Å². The third kappa shape index (κ3) is 2.76. The normalized spacial score (nSPS) is 10.8. The SMILES string of the molecule is Cc1[nH]c(CCCN)nc1-c1ccccc1Br. The minimum Gasteiger partial charge on any atom is -0.346 e. The van der Waals surface area contributed by atoms with Gasteiger partial charge in [-0.25, -0.2) is 4.98 Å². The van der Waals surface area contributed by atoms with E-state index in [2.05, 4.69) is 32.0 Å². The first kappa shape index (κ1) is 12.3. The number of aryl methyl sites for hydroxylation is 2. The molecule has 17 heavy (non-hydrogen) atoms. The number of aromatic amines is 1. The Morgan fingerprint density at radius 1 is 1.35 bits per heavy atom. The highest BCUT2D eigenvalue weighted by Gasteiger charge is 2.10. The van der Waals surface area contributed by atoms with E-state index in [0.29, 0.717) is 6.54 Å². The quantitative estimate of drug-likeness (QED) is 0.910. The Labute approximate surface area is 110 Å². The summed E-state index contributed by atoms with van der Waals surface area (Å²) in [4.78, 5) is 7.95. The van der Waals surface area contributed by atoms with Crippen molar-refractivity contribution in [3.05, 3.63) is 40.3 Å². The monoisotopic (exact) mass is 293 g/mol. The number of hydrogen-bond donors (Lipinski definition) is 2. The molecule has 0 aliphatic carbocycles. The lowest BCUT2D eigenvalue weighted by Crippen LogP contribution is -2.01. The third-order valence-corrected chi connectivity index (χ3v) is 3.37. The average Bonchev–Trinajstić information content (AvgIpc) is 2.68. The van der Waals surface area contributed by atoms with Gasteiger partial charge >= 0.3 is 0 Å². The Hall–Kier alpha value is -1.13. The molecule has 0 atom stereocenters. The molecule has 4 heteroatoms. The Bertz CT molecular complexity index is 505. The van der Waals surface area contributed by atoms with Crippen LogP contribution in [-0.2, 0) is 6.42 Å². The molecule has 3 nitrogen and oxygen atoms in total. The molecule has 0 aliphatic rings. The molecule has 0 fully saturated rings. The minimum atomic E-state index is 0.699. The van der Waals surface area contributed by atoms with Gasteiger partial charge in [-0.1, -0.05) is 34.1 Å². The molecule has 2 aromatic rings. The number of imidazole rings is 1. The van der Waals surface area contributed by atoms with Crippen molar-refractivity contribution in [2.45, 2.75) is 19.8 Å². The van der Waals surface area contributed by atoms with Crippen molar-refractivity contribution >= 4 is 15.9 Å². The van der Waals surface area contributed by atoms with Crippen LogP contribution in [0.1, 0.15) is 17.9 Å². The summed E-state index contributed by atoms with van der Waals surface area (Å²) in [6.07, 6.45) is 1.87. The highest BCUT2D eigenvalue weighted by molar-refractivity contribution is 9.10. The summed E-state index contributed by atoms with van der Waals surface area (Å²) >= 11 is 3.56. The standard InChI is InChI=1S/C13H16BrN3/c1-9-13(10-5-2-3-6-11(10)14)17-12(16-9)7-4-8-15/h2-3,5-6H,4,7-8,15H2,1H3,(H,16,17). The number of hydrogen-bond acceptors (Lipinski definition) is 2. The van der Waals surface area contributed by atoms with E-state index < -0.39 is 0 Å². The summed E-state index contributed by atoms with van der Waals surface area (Å²) in [5, 5.41) is 0. The largest absolute Gasteiger partial charge is 0.346 e. The van der Waals surface area contributed by atoms with Gasteiger partial charge in [0.1, 0.15) is 5.82 Å². The number of aromatic nitrogens is 2. The highest BCUT2D eigenvalue weighted by Crippen LogP contribution is 2.28. The molecule has 0 aliphatic heterocycles. The summed E-state index contributed by atoms with van der Waals surface area (Å²) in [6.45, 7) is 2.75.